The molecule has 7 aromatic rings. The SMILES string of the molecule is O=C([NH][Cu][CH]1CCCCC1)c1cccc2c3nc4nc(nc5[nH]c(nc6nc(nc([nH]3)c12)-c1ccccc1-6)c1ccccc51)-c1ccccc1-4. The van der Waals surface area contributed by atoms with Gasteiger partial charge < -0.3 is 0 Å². The van der Waals surface area contributed by atoms with Crippen molar-refractivity contribution in [3.63, 3.8) is 0 Å². The van der Waals surface area contributed by atoms with Crippen LogP contribution in [0.1, 0.15) is 42.5 Å². The molecule has 247 valence electrons. The Hall–Kier alpha value is -5.77. The molecule has 4 aromatic carbocycles. The molecule has 1 saturated carbocycles. The molecule has 0 saturated heterocycles. The molecule has 0 unspecified atom stereocenters. The van der Waals surface area contributed by atoms with Gasteiger partial charge in [-0.05, 0) is 0 Å². The maximum absolute atomic E-state index is 13.9. The zero-order valence-electron chi connectivity index (χ0n) is 26.7. The number of hydrogen-bond acceptors (Lipinski definition) is 7. The van der Waals surface area contributed by atoms with Crippen molar-refractivity contribution < 1.29 is 20.0 Å². The number of aromatic amines is 2. The van der Waals surface area contributed by atoms with E-state index in [1.807, 2.05) is 91.0 Å². The fourth-order valence-electron chi connectivity index (χ4n) is 7.13. The number of amides is 1. The van der Waals surface area contributed by atoms with Gasteiger partial charge in [-0.15, -0.1) is 0 Å². The molecule has 10 nitrogen and oxygen atoms in total. The van der Waals surface area contributed by atoms with Crippen LogP contribution in [0.25, 0.3) is 89.7 Å². The standard InChI is InChI=1S/C33H19N9O.C6H11.Cu/c34-25(43)22-14-7-15-23-24(22)33-41-31-21-13-6-5-12-20(21)29(39-31)37-27-17-9-2-1-8-16(17)26(35-27)36-28-18-10-3-4-11-19(18)30(38-28)40-32(23)42-33;1-2-4-6-5-3-1;/h1-15H,(H4,34,35,36,37,38,39,40,41,42,43);1H,2-6H2;/q;;+1/p-1. The normalized spacial score (nSPS) is 14.2. The Balaban J connectivity index is 1.29. The number of H-pyrrole nitrogens is 2. The van der Waals surface area contributed by atoms with Crippen molar-refractivity contribution in [3.8, 4) is 45.6 Å². The summed E-state index contributed by atoms with van der Waals surface area (Å²) in [5, 5.41) is 3.27. The molecule has 3 aromatic heterocycles. The van der Waals surface area contributed by atoms with Crippen LogP contribution in [-0.4, -0.2) is 45.8 Å². The van der Waals surface area contributed by atoms with Crippen molar-refractivity contribution in [2.24, 2.45) is 0 Å². The summed E-state index contributed by atoms with van der Waals surface area (Å²) >= 11 is 1.64. The zero-order valence-corrected chi connectivity index (χ0v) is 27.6. The quantitative estimate of drug-likeness (QED) is 0.157. The van der Waals surface area contributed by atoms with Gasteiger partial charge in [0.25, 0.3) is 0 Å². The Kier molecular flexibility index (Phi) is 6.82. The topological polar surface area (TPSA) is 138 Å². The first-order valence-electron chi connectivity index (χ1n) is 16.8. The molecule has 0 atom stereocenters. The molecule has 1 amide bonds. The number of fused-ring (bicyclic) bond motifs is 20. The van der Waals surface area contributed by atoms with Crippen LogP contribution in [0.5, 0.6) is 0 Å². The zero-order chi connectivity index (χ0) is 33.2. The third-order valence-electron chi connectivity index (χ3n) is 9.55. The van der Waals surface area contributed by atoms with Crippen molar-refractivity contribution in [1.82, 2.24) is 44.2 Å². The van der Waals surface area contributed by atoms with E-state index in [2.05, 4.69) is 14.3 Å². The summed E-state index contributed by atoms with van der Waals surface area (Å²) in [4.78, 5) is 51.5. The van der Waals surface area contributed by atoms with Gasteiger partial charge in [0.2, 0.25) is 0 Å². The minimum absolute atomic E-state index is 0.169. The van der Waals surface area contributed by atoms with E-state index in [0.29, 0.717) is 61.7 Å². The Morgan fingerprint density at radius 2 is 1.00 bits per heavy atom. The molecule has 1 aliphatic carbocycles. The van der Waals surface area contributed by atoms with Crippen LogP contribution >= 0.6 is 0 Å². The number of aromatic nitrogens is 8. The molecule has 50 heavy (non-hydrogen) atoms. The average Bonchev–Trinajstić information content (AvgIpc) is 3.90. The number of rotatable bonds is 3. The average molecular weight is 703 g/mol. The van der Waals surface area contributed by atoms with Gasteiger partial charge in [-0.25, -0.2) is 0 Å². The van der Waals surface area contributed by atoms with E-state index < -0.39 is 0 Å². The van der Waals surface area contributed by atoms with E-state index in [-0.39, 0.29) is 5.91 Å². The molecule has 3 aliphatic rings. The summed E-state index contributed by atoms with van der Waals surface area (Å²) in [6, 6.07) is 29.6. The summed E-state index contributed by atoms with van der Waals surface area (Å²) < 4.78 is 3.14. The fraction of sp³-hybridized carbons (Fsp3) is 0.154. The molecule has 2 aliphatic heterocycles. The molecule has 0 radical (unpaired) electrons. The third kappa shape index (κ3) is 4.80. The summed E-state index contributed by atoms with van der Waals surface area (Å²) in [6.07, 6.45) is 5.86. The third-order valence-corrected chi connectivity index (χ3v) is 10.8. The van der Waals surface area contributed by atoms with Crippen molar-refractivity contribution >= 4 is 50.0 Å². The number of benzene rings is 4. The van der Waals surface area contributed by atoms with Crippen LogP contribution in [0.15, 0.2) is 91.0 Å². The summed E-state index contributed by atoms with van der Waals surface area (Å²) in [6.45, 7) is 0. The first-order chi connectivity index (χ1) is 24.7. The molecule has 10 rings (SSSR count). The molecule has 0 spiro atoms. The summed E-state index contributed by atoms with van der Waals surface area (Å²) in [5.41, 5.74) is 6.29. The van der Waals surface area contributed by atoms with E-state index in [0.717, 1.165) is 51.3 Å². The number of nitrogens with one attached hydrogen (secondary N) is 3. The van der Waals surface area contributed by atoms with Crippen LogP contribution in [0.4, 0.5) is 0 Å². The van der Waals surface area contributed by atoms with Crippen LogP contribution in [0.3, 0.4) is 0 Å². The molecule has 3 N–H and O–H groups in total. The molecular formula is C39H29CuN9O. The van der Waals surface area contributed by atoms with Gasteiger partial charge in [-0.2, -0.15) is 0 Å². The number of carbonyl (C=O) groups is 1. The fourth-order valence-corrected chi connectivity index (χ4v) is 8.23. The van der Waals surface area contributed by atoms with Crippen molar-refractivity contribution in [2.75, 3.05) is 0 Å². The van der Waals surface area contributed by atoms with E-state index in [1.165, 1.54) is 19.3 Å². The van der Waals surface area contributed by atoms with Crippen LogP contribution in [0.2, 0.25) is 4.82 Å². The second-order valence-electron chi connectivity index (χ2n) is 12.6. The Labute approximate surface area is 292 Å². The number of nitrogens with zero attached hydrogens (tertiary/aromatic N) is 6. The van der Waals surface area contributed by atoms with Gasteiger partial charge in [-0.3, -0.25) is 0 Å². The van der Waals surface area contributed by atoms with Crippen LogP contribution < -0.4 is 4.33 Å². The molecular weight excluding hydrogens is 674 g/mol. The first-order valence-corrected chi connectivity index (χ1v) is 17.8. The van der Waals surface area contributed by atoms with E-state index >= 15 is 0 Å². The van der Waals surface area contributed by atoms with Gasteiger partial charge in [0.05, 0.1) is 0 Å². The molecule has 11 heteroatoms. The first kappa shape index (κ1) is 29.2. The van der Waals surface area contributed by atoms with Gasteiger partial charge in [-0.1, -0.05) is 24.3 Å². The maximum atomic E-state index is 13.9. The number of hydrogen-bond donors (Lipinski definition) is 3. The van der Waals surface area contributed by atoms with Crippen molar-refractivity contribution in [3.05, 3.63) is 96.6 Å². The van der Waals surface area contributed by atoms with Gasteiger partial charge in [0.15, 0.2) is 0 Å². The van der Waals surface area contributed by atoms with E-state index in [4.69, 9.17) is 29.9 Å². The van der Waals surface area contributed by atoms with Crippen LogP contribution in [-0.2, 0) is 15.2 Å². The predicted octanol–water partition coefficient (Wildman–Crippen LogP) is 8.35. The monoisotopic (exact) mass is 702 g/mol. The number of carbonyl (C=O) groups excluding carboxylic acids is 1. The van der Waals surface area contributed by atoms with Gasteiger partial charge in [0, 0.05) is 5.39 Å². The van der Waals surface area contributed by atoms with Gasteiger partial charge >= 0.3 is 264 Å². The van der Waals surface area contributed by atoms with Crippen molar-refractivity contribution in [1.29, 1.82) is 0 Å². The molecule has 8 bridgehead atoms. The van der Waals surface area contributed by atoms with E-state index in [9.17, 15) is 4.79 Å². The van der Waals surface area contributed by atoms with Crippen LogP contribution in [0, 0.1) is 0 Å². The second kappa shape index (κ2) is 11.7. The molecule has 1 fully saturated rings. The second-order valence-corrected chi connectivity index (χ2v) is 13.9. The van der Waals surface area contributed by atoms with E-state index in [1.54, 1.807) is 15.2 Å². The Bertz CT molecular complexity index is 2690. The summed E-state index contributed by atoms with van der Waals surface area (Å²) in [5.74, 6) is 1.92. The Morgan fingerprint density at radius 3 is 1.56 bits per heavy atom. The minimum atomic E-state index is -0.169. The Morgan fingerprint density at radius 1 is 0.540 bits per heavy atom. The van der Waals surface area contributed by atoms with Crippen molar-refractivity contribution in [2.45, 2.75) is 36.9 Å². The summed E-state index contributed by atoms with van der Waals surface area (Å²) in [7, 11) is 0. The molecule has 5 heterocycles. The predicted molar refractivity (Wildman–Crippen MR) is 190 cm³/mol. The van der Waals surface area contributed by atoms with Gasteiger partial charge in [0.1, 0.15) is 0 Å².